The van der Waals surface area contributed by atoms with E-state index < -0.39 is 0 Å². The molecule has 2 aromatic rings. The predicted octanol–water partition coefficient (Wildman–Crippen LogP) is 2.84. The van der Waals surface area contributed by atoms with E-state index in [0.717, 1.165) is 22.6 Å². The zero-order valence-electron chi connectivity index (χ0n) is 10.8. The Hall–Kier alpha value is -1.87. The number of aryl methyl sites for hydroxylation is 1. The van der Waals surface area contributed by atoms with Crippen LogP contribution in [0.5, 0.6) is 5.75 Å². The first kappa shape index (κ1) is 12.6. The molecule has 1 unspecified atom stereocenters. The van der Waals surface area contributed by atoms with Crippen LogP contribution in [0.1, 0.15) is 29.8 Å². The van der Waals surface area contributed by atoms with Gasteiger partial charge >= 0.3 is 0 Å². The van der Waals surface area contributed by atoms with Gasteiger partial charge in [-0.25, -0.2) is 0 Å². The second kappa shape index (κ2) is 5.65. The summed E-state index contributed by atoms with van der Waals surface area (Å²) < 4.78 is 5.41. The number of hydrogen-bond donors (Lipinski definition) is 1. The lowest BCUT2D eigenvalue weighted by molar-refractivity contribution is 0.340. The molecular formula is C15H18N2O. The van der Waals surface area contributed by atoms with E-state index in [4.69, 9.17) is 10.5 Å². The van der Waals surface area contributed by atoms with Crippen molar-refractivity contribution < 1.29 is 4.74 Å². The van der Waals surface area contributed by atoms with Gasteiger partial charge in [0, 0.05) is 6.20 Å². The first-order chi connectivity index (χ1) is 8.72. The number of rotatable bonds is 4. The average Bonchev–Trinajstić information content (AvgIpc) is 2.40. The summed E-state index contributed by atoms with van der Waals surface area (Å²) in [6.07, 6.45) is 1.77. The monoisotopic (exact) mass is 242 g/mol. The summed E-state index contributed by atoms with van der Waals surface area (Å²) in [4.78, 5) is 4.36. The maximum Gasteiger partial charge on any atom is 0.119 e. The minimum atomic E-state index is -0.193. The van der Waals surface area contributed by atoms with E-state index >= 15 is 0 Å². The van der Waals surface area contributed by atoms with E-state index in [0.29, 0.717) is 6.61 Å². The van der Waals surface area contributed by atoms with E-state index in [1.54, 1.807) is 6.20 Å². The fourth-order valence-corrected chi connectivity index (χ4v) is 1.92. The molecule has 0 aliphatic heterocycles. The quantitative estimate of drug-likeness (QED) is 0.896. The Balaban J connectivity index is 2.23. The maximum atomic E-state index is 6.24. The van der Waals surface area contributed by atoms with Gasteiger partial charge in [-0.05, 0) is 43.2 Å². The summed E-state index contributed by atoms with van der Waals surface area (Å²) in [5.41, 5.74) is 9.31. The van der Waals surface area contributed by atoms with Gasteiger partial charge in [-0.2, -0.15) is 0 Å². The van der Waals surface area contributed by atoms with Crippen LogP contribution in [-0.4, -0.2) is 11.6 Å². The zero-order chi connectivity index (χ0) is 13.0. The molecule has 0 aliphatic carbocycles. The van der Waals surface area contributed by atoms with Crippen LogP contribution in [0.3, 0.4) is 0 Å². The molecule has 0 amide bonds. The molecule has 18 heavy (non-hydrogen) atoms. The summed E-state index contributed by atoms with van der Waals surface area (Å²) in [6.45, 7) is 4.67. The summed E-state index contributed by atoms with van der Waals surface area (Å²) in [7, 11) is 0. The molecule has 94 valence electrons. The van der Waals surface area contributed by atoms with Crippen molar-refractivity contribution >= 4 is 0 Å². The van der Waals surface area contributed by atoms with Crippen molar-refractivity contribution in [3.05, 3.63) is 59.4 Å². The molecule has 2 rings (SSSR count). The highest BCUT2D eigenvalue weighted by Gasteiger charge is 2.12. The van der Waals surface area contributed by atoms with Gasteiger partial charge in [-0.15, -0.1) is 0 Å². The molecule has 0 aliphatic rings. The van der Waals surface area contributed by atoms with Gasteiger partial charge in [0.05, 0.1) is 18.3 Å². The minimum absolute atomic E-state index is 0.193. The highest BCUT2D eigenvalue weighted by atomic mass is 16.5. The largest absolute Gasteiger partial charge is 0.494 e. The zero-order valence-corrected chi connectivity index (χ0v) is 10.8. The van der Waals surface area contributed by atoms with Gasteiger partial charge < -0.3 is 10.5 Å². The Bertz CT molecular complexity index is 508. The van der Waals surface area contributed by atoms with Crippen LogP contribution in [0.2, 0.25) is 0 Å². The topological polar surface area (TPSA) is 48.1 Å². The molecule has 3 nitrogen and oxygen atoms in total. The molecular weight excluding hydrogens is 224 g/mol. The molecule has 0 spiro atoms. The van der Waals surface area contributed by atoms with Crippen molar-refractivity contribution in [3.63, 3.8) is 0 Å². The first-order valence-corrected chi connectivity index (χ1v) is 6.12. The van der Waals surface area contributed by atoms with Crippen molar-refractivity contribution in [2.45, 2.75) is 19.9 Å². The SMILES string of the molecule is CCOc1ccc(C(N)c2ncccc2C)cc1. The van der Waals surface area contributed by atoms with Crippen LogP contribution in [0.15, 0.2) is 42.6 Å². The summed E-state index contributed by atoms with van der Waals surface area (Å²) in [5, 5.41) is 0. The lowest BCUT2D eigenvalue weighted by Crippen LogP contribution is -2.14. The lowest BCUT2D eigenvalue weighted by Gasteiger charge is -2.14. The molecule has 1 aromatic carbocycles. The van der Waals surface area contributed by atoms with Gasteiger partial charge in [0.15, 0.2) is 0 Å². The fourth-order valence-electron chi connectivity index (χ4n) is 1.92. The van der Waals surface area contributed by atoms with Gasteiger partial charge in [0.25, 0.3) is 0 Å². The minimum Gasteiger partial charge on any atom is -0.494 e. The Labute approximate surface area is 108 Å². The maximum absolute atomic E-state index is 6.24. The molecule has 1 aromatic heterocycles. The number of ether oxygens (including phenoxy) is 1. The Kier molecular flexibility index (Phi) is 3.95. The van der Waals surface area contributed by atoms with Crippen molar-refractivity contribution in [2.24, 2.45) is 5.73 Å². The van der Waals surface area contributed by atoms with Crippen LogP contribution in [-0.2, 0) is 0 Å². The van der Waals surface area contributed by atoms with Gasteiger partial charge in [-0.1, -0.05) is 18.2 Å². The molecule has 0 saturated carbocycles. The standard InChI is InChI=1S/C15H18N2O/c1-3-18-13-8-6-12(7-9-13)14(16)15-11(2)5-4-10-17-15/h4-10,14H,3,16H2,1-2H3. The highest BCUT2D eigenvalue weighted by Crippen LogP contribution is 2.22. The third kappa shape index (κ3) is 2.68. The van der Waals surface area contributed by atoms with Crippen LogP contribution in [0, 0.1) is 6.92 Å². The third-order valence-corrected chi connectivity index (χ3v) is 2.89. The third-order valence-electron chi connectivity index (χ3n) is 2.89. The summed E-state index contributed by atoms with van der Waals surface area (Å²) >= 11 is 0. The first-order valence-electron chi connectivity index (χ1n) is 6.12. The summed E-state index contributed by atoms with van der Waals surface area (Å²) in [6, 6.07) is 11.6. The molecule has 1 heterocycles. The van der Waals surface area contributed by atoms with Crippen molar-refractivity contribution in [1.82, 2.24) is 4.98 Å². The van der Waals surface area contributed by atoms with E-state index in [2.05, 4.69) is 4.98 Å². The van der Waals surface area contributed by atoms with Gasteiger partial charge in [-0.3, -0.25) is 4.98 Å². The average molecular weight is 242 g/mol. The number of hydrogen-bond acceptors (Lipinski definition) is 3. The van der Waals surface area contributed by atoms with Crippen molar-refractivity contribution in [2.75, 3.05) is 6.61 Å². The lowest BCUT2D eigenvalue weighted by atomic mass is 10.0. The number of aromatic nitrogens is 1. The fraction of sp³-hybridized carbons (Fsp3) is 0.267. The molecule has 0 fully saturated rings. The summed E-state index contributed by atoms with van der Waals surface area (Å²) in [5.74, 6) is 0.867. The Morgan fingerprint density at radius 3 is 2.56 bits per heavy atom. The Morgan fingerprint density at radius 1 is 1.22 bits per heavy atom. The van der Waals surface area contributed by atoms with E-state index in [9.17, 15) is 0 Å². The number of nitrogens with two attached hydrogens (primary N) is 1. The highest BCUT2D eigenvalue weighted by molar-refractivity contribution is 5.35. The number of benzene rings is 1. The van der Waals surface area contributed by atoms with Crippen molar-refractivity contribution in [1.29, 1.82) is 0 Å². The van der Waals surface area contributed by atoms with E-state index in [1.165, 1.54) is 0 Å². The van der Waals surface area contributed by atoms with Crippen molar-refractivity contribution in [3.8, 4) is 5.75 Å². The Morgan fingerprint density at radius 2 is 1.94 bits per heavy atom. The smallest absolute Gasteiger partial charge is 0.119 e. The second-order valence-corrected chi connectivity index (χ2v) is 4.19. The van der Waals surface area contributed by atoms with Crippen LogP contribution in [0.25, 0.3) is 0 Å². The van der Waals surface area contributed by atoms with Crippen LogP contribution >= 0.6 is 0 Å². The molecule has 0 radical (unpaired) electrons. The van der Waals surface area contributed by atoms with Gasteiger partial charge in [0.1, 0.15) is 5.75 Å². The van der Waals surface area contributed by atoms with Crippen LogP contribution < -0.4 is 10.5 Å². The number of pyridine rings is 1. The normalized spacial score (nSPS) is 12.2. The van der Waals surface area contributed by atoms with E-state index in [1.807, 2.05) is 50.2 Å². The van der Waals surface area contributed by atoms with Gasteiger partial charge in [0.2, 0.25) is 0 Å². The molecule has 0 saturated heterocycles. The molecule has 1 atom stereocenters. The molecule has 3 heteroatoms. The predicted molar refractivity (Wildman–Crippen MR) is 72.6 cm³/mol. The van der Waals surface area contributed by atoms with Crippen LogP contribution in [0.4, 0.5) is 0 Å². The number of nitrogens with zero attached hydrogens (tertiary/aromatic N) is 1. The van der Waals surface area contributed by atoms with E-state index in [-0.39, 0.29) is 6.04 Å². The second-order valence-electron chi connectivity index (χ2n) is 4.19. The molecule has 2 N–H and O–H groups in total. The molecule has 0 bridgehead atoms.